The van der Waals surface area contributed by atoms with E-state index in [-0.39, 0.29) is 11.8 Å². The van der Waals surface area contributed by atoms with Gasteiger partial charge >= 0.3 is 0 Å². The molecule has 2 aromatic rings. The molecule has 0 saturated carbocycles. The van der Waals surface area contributed by atoms with E-state index in [0.717, 1.165) is 51.0 Å². The zero-order chi connectivity index (χ0) is 17.9. The lowest BCUT2D eigenvalue weighted by atomic mass is 10.00. The van der Waals surface area contributed by atoms with Crippen molar-refractivity contribution in [1.29, 1.82) is 0 Å². The second kappa shape index (κ2) is 7.32. The van der Waals surface area contributed by atoms with Crippen LogP contribution in [-0.4, -0.2) is 36.3 Å². The van der Waals surface area contributed by atoms with Gasteiger partial charge in [0.05, 0.1) is 0 Å². The Labute approximate surface area is 154 Å². The molecule has 4 heteroatoms. The van der Waals surface area contributed by atoms with E-state index in [9.17, 15) is 9.59 Å². The Hall–Kier alpha value is -2.62. The molecule has 2 heterocycles. The largest absolute Gasteiger partial charge is 0.339 e. The summed E-state index contributed by atoms with van der Waals surface area (Å²) < 4.78 is 0. The molecule has 0 N–H and O–H groups in total. The Bertz CT molecular complexity index is 824. The maximum atomic E-state index is 13.1. The molecule has 4 rings (SSSR count). The Kier molecular flexibility index (Phi) is 4.74. The Morgan fingerprint density at radius 3 is 2.27 bits per heavy atom. The molecule has 2 aromatic carbocycles. The quantitative estimate of drug-likeness (QED) is 0.826. The highest BCUT2D eigenvalue weighted by Crippen LogP contribution is 2.28. The maximum absolute atomic E-state index is 13.1. The van der Waals surface area contributed by atoms with Gasteiger partial charge in [-0.25, -0.2) is 0 Å². The van der Waals surface area contributed by atoms with E-state index in [0.29, 0.717) is 11.1 Å². The van der Waals surface area contributed by atoms with Gasteiger partial charge in [0.1, 0.15) is 0 Å². The van der Waals surface area contributed by atoms with Crippen molar-refractivity contribution in [3.8, 4) is 0 Å². The van der Waals surface area contributed by atoms with Gasteiger partial charge in [0.25, 0.3) is 11.8 Å². The fourth-order valence-corrected chi connectivity index (χ4v) is 3.97. The highest BCUT2D eigenvalue weighted by Gasteiger charge is 2.24. The van der Waals surface area contributed by atoms with Crippen LogP contribution >= 0.6 is 0 Å². The highest BCUT2D eigenvalue weighted by molar-refractivity contribution is 6.08. The summed E-state index contributed by atoms with van der Waals surface area (Å²) >= 11 is 0. The third kappa shape index (κ3) is 3.24. The number of carbonyl (C=O) groups excluding carboxylic acids is 2. The van der Waals surface area contributed by atoms with Crippen LogP contribution in [0.15, 0.2) is 48.5 Å². The topological polar surface area (TPSA) is 40.6 Å². The fourth-order valence-electron chi connectivity index (χ4n) is 3.97. The summed E-state index contributed by atoms with van der Waals surface area (Å²) in [4.78, 5) is 29.6. The number of fused-ring (bicyclic) bond motifs is 1. The second-order valence-electron chi connectivity index (χ2n) is 7.12. The summed E-state index contributed by atoms with van der Waals surface area (Å²) in [6.07, 6.45) is 5.29. The van der Waals surface area contributed by atoms with Gasteiger partial charge in [0.2, 0.25) is 0 Å². The van der Waals surface area contributed by atoms with Crippen LogP contribution in [-0.2, 0) is 6.42 Å². The Balaban J connectivity index is 1.59. The third-order valence-corrected chi connectivity index (χ3v) is 5.36. The molecule has 0 unspecified atom stereocenters. The van der Waals surface area contributed by atoms with Gasteiger partial charge in [-0.05, 0) is 61.9 Å². The molecular weight excluding hydrogens is 324 g/mol. The summed E-state index contributed by atoms with van der Waals surface area (Å²) in [6, 6.07) is 15.3. The van der Waals surface area contributed by atoms with Crippen molar-refractivity contribution in [2.75, 3.05) is 24.5 Å². The number of carbonyl (C=O) groups is 2. The smallest absolute Gasteiger partial charge is 0.258 e. The Morgan fingerprint density at radius 2 is 1.46 bits per heavy atom. The van der Waals surface area contributed by atoms with Gasteiger partial charge in [0, 0.05) is 36.4 Å². The molecule has 2 aliphatic heterocycles. The minimum Gasteiger partial charge on any atom is -0.339 e. The molecule has 0 aliphatic carbocycles. The van der Waals surface area contributed by atoms with Crippen LogP contribution in [0.4, 0.5) is 5.69 Å². The van der Waals surface area contributed by atoms with Crippen LogP contribution in [0.5, 0.6) is 0 Å². The van der Waals surface area contributed by atoms with Gasteiger partial charge in [0.15, 0.2) is 0 Å². The molecule has 0 spiro atoms. The van der Waals surface area contributed by atoms with Crippen LogP contribution in [0.3, 0.4) is 0 Å². The molecule has 1 fully saturated rings. The fraction of sp³-hybridized carbons (Fsp3) is 0.364. The Morgan fingerprint density at radius 1 is 0.731 bits per heavy atom. The number of likely N-dealkylation sites (tertiary alicyclic amines) is 1. The number of hydrogen-bond acceptors (Lipinski definition) is 2. The first-order valence-corrected chi connectivity index (χ1v) is 9.53. The second-order valence-corrected chi connectivity index (χ2v) is 7.12. The molecule has 1 saturated heterocycles. The molecule has 0 bridgehead atoms. The van der Waals surface area contributed by atoms with Crippen molar-refractivity contribution < 1.29 is 9.59 Å². The standard InChI is InChI=1S/C22H24N2O2/c25-21(23-13-4-1-5-14-23)18-9-6-10-19(16-18)22(26)24-15-7-11-17-8-2-3-12-20(17)24/h2-3,6,8-10,12,16H,1,4-5,7,11,13-15H2. The number of piperidine rings is 1. The van der Waals surface area contributed by atoms with Gasteiger partial charge in [-0.3, -0.25) is 9.59 Å². The summed E-state index contributed by atoms with van der Waals surface area (Å²) in [5.41, 5.74) is 3.41. The molecule has 26 heavy (non-hydrogen) atoms. The van der Waals surface area contributed by atoms with Crippen LogP contribution in [0, 0.1) is 0 Å². The first-order valence-electron chi connectivity index (χ1n) is 9.53. The monoisotopic (exact) mass is 348 g/mol. The predicted molar refractivity (Wildman–Crippen MR) is 103 cm³/mol. The molecular formula is C22H24N2O2. The van der Waals surface area contributed by atoms with Crippen molar-refractivity contribution in [2.45, 2.75) is 32.1 Å². The average Bonchev–Trinajstić information content (AvgIpc) is 2.73. The summed E-state index contributed by atoms with van der Waals surface area (Å²) in [5, 5.41) is 0. The SMILES string of the molecule is O=C(c1cccc(C(=O)N2CCCc3ccccc32)c1)N1CCCCC1. The predicted octanol–water partition coefficient (Wildman–Crippen LogP) is 3.91. The molecule has 134 valence electrons. The number of amides is 2. The van der Waals surface area contributed by atoms with E-state index in [2.05, 4.69) is 6.07 Å². The van der Waals surface area contributed by atoms with Gasteiger partial charge < -0.3 is 9.80 Å². The first-order chi connectivity index (χ1) is 12.7. The van der Waals surface area contributed by atoms with Crippen LogP contribution in [0.2, 0.25) is 0 Å². The number of nitrogens with zero attached hydrogens (tertiary/aromatic N) is 2. The number of rotatable bonds is 2. The lowest BCUT2D eigenvalue weighted by molar-refractivity contribution is 0.0724. The minimum atomic E-state index is -0.0227. The van der Waals surface area contributed by atoms with Crippen molar-refractivity contribution in [2.24, 2.45) is 0 Å². The molecule has 4 nitrogen and oxygen atoms in total. The molecule has 0 radical (unpaired) electrons. The maximum Gasteiger partial charge on any atom is 0.258 e. The number of benzene rings is 2. The number of anilines is 1. The summed E-state index contributed by atoms with van der Waals surface area (Å²) in [6.45, 7) is 2.35. The van der Waals surface area contributed by atoms with E-state index in [4.69, 9.17) is 0 Å². The zero-order valence-corrected chi connectivity index (χ0v) is 15.0. The average molecular weight is 348 g/mol. The first kappa shape index (κ1) is 16.8. The zero-order valence-electron chi connectivity index (χ0n) is 15.0. The van der Waals surface area contributed by atoms with Crippen LogP contribution in [0.25, 0.3) is 0 Å². The summed E-state index contributed by atoms with van der Waals surface area (Å²) in [7, 11) is 0. The minimum absolute atomic E-state index is 0.0227. The van der Waals surface area contributed by atoms with E-state index < -0.39 is 0 Å². The van der Waals surface area contributed by atoms with Gasteiger partial charge in [-0.1, -0.05) is 24.3 Å². The normalized spacial score (nSPS) is 16.9. The van der Waals surface area contributed by atoms with E-state index >= 15 is 0 Å². The lowest BCUT2D eigenvalue weighted by Gasteiger charge is -2.30. The van der Waals surface area contributed by atoms with E-state index in [1.807, 2.05) is 46.2 Å². The lowest BCUT2D eigenvalue weighted by Crippen LogP contribution is -2.37. The van der Waals surface area contributed by atoms with E-state index in [1.165, 1.54) is 12.0 Å². The number of hydrogen-bond donors (Lipinski definition) is 0. The molecule has 0 atom stereocenters. The highest BCUT2D eigenvalue weighted by atomic mass is 16.2. The van der Waals surface area contributed by atoms with Crippen molar-refractivity contribution in [1.82, 2.24) is 4.90 Å². The molecule has 2 amide bonds. The van der Waals surface area contributed by atoms with Crippen molar-refractivity contribution in [3.05, 3.63) is 65.2 Å². The molecule has 0 aromatic heterocycles. The third-order valence-electron chi connectivity index (χ3n) is 5.36. The number of aryl methyl sites for hydroxylation is 1. The molecule has 2 aliphatic rings. The van der Waals surface area contributed by atoms with Gasteiger partial charge in [-0.15, -0.1) is 0 Å². The van der Waals surface area contributed by atoms with Gasteiger partial charge in [-0.2, -0.15) is 0 Å². The van der Waals surface area contributed by atoms with Crippen molar-refractivity contribution in [3.63, 3.8) is 0 Å². The van der Waals surface area contributed by atoms with Crippen LogP contribution < -0.4 is 4.90 Å². The summed E-state index contributed by atoms with van der Waals surface area (Å²) in [5.74, 6) is 0.0174. The number of para-hydroxylation sites is 1. The van der Waals surface area contributed by atoms with Crippen LogP contribution in [0.1, 0.15) is 52.0 Å². The van der Waals surface area contributed by atoms with Crippen molar-refractivity contribution >= 4 is 17.5 Å². The van der Waals surface area contributed by atoms with E-state index in [1.54, 1.807) is 6.07 Å².